The van der Waals surface area contributed by atoms with Crippen LogP contribution in [0.3, 0.4) is 0 Å². The Bertz CT molecular complexity index is 230. The quantitative estimate of drug-likeness (QED) is 0.807. The molecule has 1 aliphatic rings. The average molecular weight is 254 g/mol. The fourth-order valence-electron chi connectivity index (χ4n) is 3.30. The Balaban J connectivity index is 2.65. The number of rotatable bonds is 5. The topological polar surface area (TPSA) is 15.3 Å². The van der Waals surface area contributed by atoms with Crippen molar-refractivity contribution in [2.75, 3.05) is 26.7 Å². The second-order valence-electron chi connectivity index (χ2n) is 7.46. The van der Waals surface area contributed by atoms with Crippen LogP contribution in [0.15, 0.2) is 0 Å². The lowest BCUT2D eigenvalue weighted by molar-refractivity contribution is 0.0587. The zero-order valence-electron chi connectivity index (χ0n) is 13.5. The van der Waals surface area contributed by atoms with Crippen LogP contribution in [0.25, 0.3) is 0 Å². The lowest BCUT2D eigenvalue weighted by Gasteiger charge is -2.44. The summed E-state index contributed by atoms with van der Waals surface area (Å²) < 4.78 is 0. The molecule has 1 rings (SSSR count). The van der Waals surface area contributed by atoms with Crippen molar-refractivity contribution in [2.24, 2.45) is 10.8 Å². The molecule has 0 amide bonds. The standard InChI is InChI=1S/C16H34N2/c1-7-8-16(9-11-17-12-10-16)13-18(6)14(2)15(3,4)5/h14,17H,7-13H2,1-6H3. The Kier molecular flexibility index (Phi) is 5.67. The molecule has 0 radical (unpaired) electrons. The molecule has 0 aliphatic carbocycles. The summed E-state index contributed by atoms with van der Waals surface area (Å²) >= 11 is 0. The van der Waals surface area contributed by atoms with Crippen molar-refractivity contribution < 1.29 is 0 Å². The highest BCUT2D eigenvalue weighted by Gasteiger charge is 2.35. The van der Waals surface area contributed by atoms with E-state index in [1.54, 1.807) is 0 Å². The minimum atomic E-state index is 0.370. The Morgan fingerprint density at radius 2 is 1.78 bits per heavy atom. The second-order valence-corrected chi connectivity index (χ2v) is 7.46. The van der Waals surface area contributed by atoms with Gasteiger partial charge in [-0.25, -0.2) is 0 Å². The van der Waals surface area contributed by atoms with E-state index < -0.39 is 0 Å². The highest BCUT2D eigenvalue weighted by Crippen LogP contribution is 2.36. The van der Waals surface area contributed by atoms with Crippen LogP contribution in [0, 0.1) is 10.8 Å². The van der Waals surface area contributed by atoms with Gasteiger partial charge in [0.15, 0.2) is 0 Å². The van der Waals surface area contributed by atoms with E-state index in [4.69, 9.17) is 0 Å². The molecule has 1 heterocycles. The summed E-state index contributed by atoms with van der Waals surface area (Å²) in [7, 11) is 2.31. The van der Waals surface area contributed by atoms with Gasteiger partial charge in [0.25, 0.3) is 0 Å². The second kappa shape index (κ2) is 6.38. The molecular formula is C16H34N2. The highest BCUT2D eigenvalue weighted by molar-refractivity contribution is 4.89. The van der Waals surface area contributed by atoms with Gasteiger partial charge in [-0.3, -0.25) is 0 Å². The van der Waals surface area contributed by atoms with Gasteiger partial charge in [0.2, 0.25) is 0 Å². The molecule has 1 fully saturated rings. The average Bonchev–Trinajstić information content (AvgIpc) is 2.28. The van der Waals surface area contributed by atoms with Crippen molar-refractivity contribution in [1.82, 2.24) is 10.2 Å². The van der Waals surface area contributed by atoms with Crippen LogP contribution in [0.4, 0.5) is 0 Å². The van der Waals surface area contributed by atoms with Crippen LogP contribution in [0.1, 0.15) is 60.3 Å². The highest BCUT2D eigenvalue weighted by atomic mass is 15.1. The first-order valence-corrected chi connectivity index (χ1v) is 7.72. The van der Waals surface area contributed by atoms with Crippen molar-refractivity contribution in [3.8, 4) is 0 Å². The van der Waals surface area contributed by atoms with Crippen LogP contribution in [0.5, 0.6) is 0 Å². The van der Waals surface area contributed by atoms with Crippen LogP contribution in [0.2, 0.25) is 0 Å². The largest absolute Gasteiger partial charge is 0.317 e. The van der Waals surface area contributed by atoms with Crippen LogP contribution in [-0.2, 0) is 0 Å². The van der Waals surface area contributed by atoms with Crippen LogP contribution >= 0.6 is 0 Å². The van der Waals surface area contributed by atoms with Crippen molar-refractivity contribution in [1.29, 1.82) is 0 Å². The molecule has 18 heavy (non-hydrogen) atoms. The summed E-state index contributed by atoms with van der Waals surface area (Å²) in [5.41, 5.74) is 0.934. The zero-order valence-corrected chi connectivity index (χ0v) is 13.5. The van der Waals surface area contributed by atoms with Gasteiger partial charge in [-0.2, -0.15) is 0 Å². The molecule has 1 atom stereocenters. The molecule has 0 bridgehead atoms. The molecule has 0 aromatic heterocycles. The van der Waals surface area contributed by atoms with E-state index in [1.807, 2.05) is 0 Å². The van der Waals surface area contributed by atoms with E-state index >= 15 is 0 Å². The Morgan fingerprint density at radius 1 is 1.22 bits per heavy atom. The number of hydrogen-bond donors (Lipinski definition) is 1. The normalized spacial score (nSPS) is 22.2. The van der Waals surface area contributed by atoms with Gasteiger partial charge in [0, 0.05) is 12.6 Å². The third-order valence-electron chi connectivity index (χ3n) is 4.94. The SMILES string of the molecule is CCCC1(CN(C)C(C)C(C)(C)C)CCNCC1. The predicted molar refractivity (Wildman–Crippen MR) is 81.0 cm³/mol. The lowest BCUT2D eigenvalue weighted by Crippen LogP contribution is -2.48. The van der Waals surface area contributed by atoms with E-state index in [9.17, 15) is 0 Å². The molecule has 108 valence electrons. The number of piperidine rings is 1. The Morgan fingerprint density at radius 3 is 2.22 bits per heavy atom. The number of hydrogen-bond acceptors (Lipinski definition) is 2. The molecule has 2 nitrogen and oxygen atoms in total. The molecule has 1 unspecified atom stereocenters. The first kappa shape index (κ1) is 16.0. The van der Waals surface area contributed by atoms with Gasteiger partial charge in [-0.15, -0.1) is 0 Å². The Labute approximate surface area is 115 Å². The zero-order chi connectivity index (χ0) is 13.8. The number of nitrogens with one attached hydrogen (secondary N) is 1. The first-order chi connectivity index (χ1) is 8.31. The van der Waals surface area contributed by atoms with Gasteiger partial charge in [-0.1, -0.05) is 34.1 Å². The molecule has 0 aromatic carbocycles. The summed E-state index contributed by atoms with van der Waals surface area (Å²) in [4.78, 5) is 2.60. The van der Waals surface area contributed by atoms with Gasteiger partial charge < -0.3 is 10.2 Å². The minimum absolute atomic E-state index is 0.370. The van der Waals surface area contributed by atoms with Gasteiger partial charge in [0.05, 0.1) is 0 Å². The van der Waals surface area contributed by atoms with Gasteiger partial charge in [0.1, 0.15) is 0 Å². The number of nitrogens with zero attached hydrogens (tertiary/aromatic N) is 1. The van der Waals surface area contributed by atoms with E-state index in [1.165, 1.54) is 45.3 Å². The van der Waals surface area contributed by atoms with Gasteiger partial charge in [-0.05, 0) is 57.2 Å². The molecule has 2 heteroatoms. The summed E-state index contributed by atoms with van der Waals surface area (Å²) in [6.45, 7) is 15.4. The maximum atomic E-state index is 3.51. The molecule has 0 spiro atoms. The van der Waals surface area contributed by atoms with Crippen molar-refractivity contribution >= 4 is 0 Å². The molecule has 1 aliphatic heterocycles. The molecule has 0 aromatic rings. The van der Waals surface area contributed by atoms with E-state index in [0.29, 0.717) is 16.9 Å². The maximum Gasteiger partial charge on any atom is 0.0113 e. The van der Waals surface area contributed by atoms with E-state index in [0.717, 1.165) is 0 Å². The smallest absolute Gasteiger partial charge is 0.0113 e. The lowest BCUT2D eigenvalue weighted by atomic mass is 9.74. The molecule has 1 N–H and O–H groups in total. The summed E-state index contributed by atoms with van der Waals surface area (Å²) in [5, 5.41) is 3.51. The molecule has 0 saturated carbocycles. The molecule has 1 saturated heterocycles. The van der Waals surface area contributed by atoms with Crippen molar-refractivity contribution in [3.05, 3.63) is 0 Å². The van der Waals surface area contributed by atoms with Crippen molar-refractivity contribution in [3.63, 3.8) is 0 Å². The third kappa shape index (κ3) is 4.24. The monoisotopic (exact) mass is 254 g/mol. The predicted octanol–water partition coefficient (Wildman–Crippen LogP) is 3.52. The summed E-state index contributed by atoms with van der Waals surface area (Å²) in [6, 6.07) is 0.640. The van der Waals surface area contributed by atoms with Crippen LogP contribution in [-0.4, -0.2) is 37.6 Å². The van der Waals surface area contributed by atoms with E-state index in [-0.39, 0.29) is 0 Å². The van der Waals surface area contributed by atoms with E-state index in [2.05, 4.69) is 51.9 Å². The Hall–Kier alpha value is -0.0800. The first-order valence-electron chi connectivity index (χ1n) is 7.72. The third-order valence-corrected chi connectivity index (χ3v) is 4.94. The maximum absolute atomic E-state index is 3.51. The fourth-order valence-corrected chi connectivity index (χ4v) is 3.30. The van der Waals surface area contributed by atoms with Gasteiger partial charge >= 0.3 is 0 Å². The minimum Gasteiger partial charge on any atom is -0.317 e. The summed E-state index contributed by atoms with van der Waals surface area (Å²) in [6.07, 6.45) is 5.40. The fraction of sp³-hybridized carbons (Fsp3) is 1.00. The van der Waals surface area contributed by atoms with Crippen LogP contribution < -0.4 is 5.32 Å². The summed E-state index contributed by atoms with van der Waals surface area (Å²) in [5.74, 6) is 0. The molecular weight excluding hydrogens is 220 g/mol. The van der Waals surface area contributed by atoms with Crippen molar-refractivity contribution in [2.45, 2.75) is 66.3 Å².